The van der Waals surface area contributed by atoms with Gasteiger partial charge in [-0.1, -0.05) is 12.1 Å². The van der Waals surface area contributed by atoms with Crippen LogP contribution in [-0.4, -0.2) is 35.6 Å². The van der Waals surface area contributed by atoms with Crippen molar-refractivity contribution in [2.24, 2.45) is 5.73 Å². The molecule has 0 aliphatic carbocycles. The number of aromatic nitrogens is 2. The minimum Gasteiger partial charge on any atom is -0.380 e. The number of nitrogens with two attached hydrogens (primary N) is 1. The SMILES string of the molecule is COC(CN)CC(=O)Nc1nc2ccccc2[nH]1.Cl. The second kappa shape index (κ2) is 7.08. The number of methoxy groups -OCH3 is 1. The molecular formula is C12H17ClN4O2. The van der Waals surface area contributed by atoms with Gasteiger partial charge in [0.25, 0.3) is 0 Å². The number of nitrogens with one attached hydrogen (secondary N) is 2. The summed E-state index contributed by atoms with van der Waals surface area (Å²) in [5.41, 5.74) is 7.16. The first-order chi connectivity index (χ1) is 8.72. The summed E-state index contributed by atoms with van der Waals surface area (Å²) >= 11 is 0. The lowest BCUT2D eigenvalue weighted by molar-refractivity contribution is -0.118. The first-order valence-electron chi connectivity index (χ1n) is 5.70. The van der Waals surface area contributed by atoms with Crippen molar-refractivity contribution in [1.29, 1.82) is 0 Å². The molecule has 0 bridgehead atoms. The zero-order valence-electron chi connectivity index (χ0n) is 10.6. The van der Waals surface area contributed by atoms with Gasteiger partial charge in [-0.05, 0) is 12.1 Å². The normalized spacial score (nSPS) is 11.9. The number of anilines is 1. The lowest BCUT2D eigenvalue weighted by Gasteiger charge is -2.11. The van der Waals surface area contributed by atoms with Crippen LogP contribution in [0.4, 0.5) is 5.95 Å². The van der Waals surface area contributed by atoms with Gasteiger partial charge in [0.1, 0.15) is 0 Å². The van der Waals surface area contributed by atoms with Gasteiger partial charge in [-0.25, -0.2) is 4.98 Å². The lowest BCUT2D eigenvalue weighted by Crippen LogP contribution is -2.28. The van der Waals surface area contributed by atoms with E-state index < -0.39 is 0 Å². The summed E-state index contributed by atoms with van der Waals surface area (Å²) < 4.78 is 5.05. The average molecular weight is 285 g/mol. The molecule has 19 heavy (non-hydrogen) atoms. The van der Waals surface area contributed by atoms with Crippen molar-refractivity contribution < 1.29 is 9.53 Å². The number of amides is 1. The number of carbonyl (C=O) groups is 1. The van der Waals surface area contributed by atoms with Crippen molar-refractivity contribution in [2.75, 3.05) is 19.0 Å². The highest BCUT2D eigenvalue weighted by molar-refractivity contribution is 5.91. The predicted molar refractivity (Wildman–Crippen MR) is 76.4 cm³/mol. The highest BCUT2D eigenvalue weighted by Crippen LogP contribution is 2.13. The van der Waals surface area contributed by atoms with E-state index in [2.05, 4.69) is 15.3 Å². The standard InChI is InChI=1S/C12H16N4O2.ClH/c1-18-8(7-13)6-11(17)16-12-14-9-4-2-3-5-10(9)15-12;/h2-5,8H,6-7,13H2,1H3,(H2,14,15,16,17);1H. The highest BCUT2D eigenvalue weighted by Gasteiger charge is 2.12. The smallest absolute Gasteiger partial charge is 0.229 e. The Bertz CT molecular complexity index is 506. The summed E-state index contributed by atoms with van der Waals surface area (Å²) in [7, 11) is 1.53. The molecule has 0 aliphatic heterocycles. The molecule has 1 atom stereocenters. The fraction of sp³-hybridized carbons (Fsp3) is 0.333. The number of halogens is 1. The summed E-state index contributed by atoms with van der Waals surface area (Å²) in [6.07, 6.45) is -0.0567. The van der Waals surface area contributed by atoms with Gasteiger partial charge in [0.05, 0.1) is 23.6 Å². The van der Waals surface area contributed by atoms with E-state index in [0.29, 0.717) is 12.5 Å². The first-order valence-corrected chi connectivity index (χ1v) is 5.70. The topological polar surface area (TPSA) is 93.0 Å². The number of benzene rings is 1. The van der Waals surface area contributed by atoms with Crippen molar-refractivity contribution in [2.45, 2.75) is 12.5 Å². The largest absolute Gasteiger partial charge is 0.380 e. The maximum atomic E-state index is 11.7. The van der Waals surface area contributed by atoms with Crippen molar-refractivity contribution in [1.82, 2.24) is 9.97 Å². The molecule has 7 heteroatoms. The Hall–Kier alpha value is -1.63. The third-order valence-corrected chi connectivity index (χ3v) is 2.66. The van der Waals surface area contributed by atoms with Gasteiger partial charge < -0.3 is 15.5 Å². The van der Waals surface area contributed by atoms with Gasteiger partial charge in [0.15, 0.2) is 0 Å². The molecule has 1 heterocycles. The molecule has 0 saturated heterocycles. The van der Waals surface area contributed by atoms with Gasteiger partial charge in [-0.3, -0.25) is 10.1 Å². The highest BCUT2D eigenvalue weighted by atomic mass is 35.5. The summed E-state index contributed by atoms with van der Waals surface area (Å²) in [6, 6.07) is 7.57. The van der Waals surface area contributed by atoms with Crippen molar-refractivity contribution in [3.8, 4) is 0 Å². The molecule has 2 rings (SSSR count). The fourth-order valence-electron chi connectivity index (χ4n) is 1.66. The number of carbonyl (C=O) groups excluding carboxylic acids is 1. The quantitative estimate of drug-likeness (QED) is 0.771. The van der Waals surface area contributed by atoms with Crippen molar-refractivity contribution in [3.05, 3.63) is 24.3 Å². The van der Waals surface area contributed by atoms with E-state index >= 15 is 0 Å². The van der Waals surface area contributed by atoms with Crippen molar-refractivity contribution >= 4 is 35.3 Å². The molecule has 0 spiro atoms. The average Bonchev–Trinajstić information content (AvgIpc) is 2.77. The van der Waals surface area contributed by atoms with E-state index in [-0.39, 0.29) is 30.8 Å². The number of rotatable bonds is 5. The molecule has 0 aliphatic rings. The number of hydrogen-bond acceptors (Lipinski definition) is 4. The first kappa shape index (κ1) is 15.4. The number of imidazole rings is 1. The Kier molecular flexibility index (Phi) is 5.75. The molecule has 0 saturated carbocycles. The number of nitrogens with zero attached hydrogens (tertiary/aromatic N) is 1. The maximum Gasteiger partial charge on any atom is 0.229 e. The predicted octanol–water partition coefficient (Wildman–Crippen LogP) is 1.29. The van der Waals surface area contributed by atoms with E-state index in [1.54, 1.807) is 0 Å². The third kappa shape index (κ3) is 3.92. The van der Waals surface area contributed by atoms with Crippen LogP contribution >= 0.6 is 12.4 Å². The summed E-state index contributed by atoms with van der Waals surface area (Å²) in [5, 5.41) is 2.69. The number of ether oxygens (including phenoxy) is 1. The fourth-order valence-corrected chi connectivity index (χ4v) is 1.66. The monoisotopic (exact) mass is 284 g/mol. The van der Waals surface area contributed by atoms with Gasteiger partial charge in [-0.15, -0.1) is 12.4 Å². The van der Waals surface area contributed by atoms with E-state index in [1.807, 2.05) is 24.3 Å². The second-order valence-corrected chi connectivity index (χ2v) is 3.95. The molecule has 0 radical (unpaired) electrons. The molecule has 4 N–H and O–H groups in total. The zero-order valence-corrected chi connectivity index (χ0v) is 11.4. The zero-order chi connectivity index (χ0) is 13.0. The third-order valence-electron chi connectivity index (χ3n) is 2.66. The Morgan fingerprint density at radius 3 is 2.89 bits per heavy atom. The number of fused-ring (bicyclic) bond motifs is 1. The number of H-pyrrole nitrogens is 1. The molecule has 0 fully saturated rings. The Morgan fingerprint density at radius 2 is 2.26 bits per heavy atom. The Morgan fingerprint density at radius 1 is 1.53 bits per heavy atom. The van der Waals surface area contributed by atoms with E-state index in [9.17, 15) is 4.79 Å². The Balaban J connectivity index is 0.00000180. The minimum absolute atomic E-state index is 0. The van der Waals surface area contributed by atoms with E-state index in [4.69, 9.17) is 10.5 Å². The summed E-state index contributed by atoms with van der Waals surface area (Å²) in [4.78, 5) is 19.0. The number of aromatic amines is 1. The van der Waals surface area contributed by atoms with E-state index in [1.165, 1.54) is 7.11 Å². The minimum atomic E-state index is -0.269. The van der Waals surface area contributed by atoms with Crippen LogP contribution in [0.5, 0.6) is 0 Å². The molecule has 1 aromatic carbocycles. The molecule has 104 valence electrons. The Labute approximate surface area is 117 Å². The van der Waals surface area contributed by atoms with Crippen LogP contribution in [0, 0.1) is 0 Å². The lowest BCUT2D eigenvalue weighted by atomic mass is 10.2. The van der Waals surface area contributed by atoms with Crippen molar-refractivity contribution in [3.63, 3.8) is 0 Å². The summed E-state index contributed by atoms with van der Waals surface area (Å²) in [5.74, 6) is 0.263. The molecule has 2 aromatic rings. The molecular weight excluding hydrogens is 268 g/mol. The van der Waals surface area contributed by atoms with Crippen LogP contribution in [0.3, 0.4) is 0 Å². The molecule has 1 aromatic heterocycles. The van der Waals surface area contributed by atoms with Crippen LogP contribution in [0.2, 0.25) is 0 Å². The van der Waals surface area contributed by atoms with Gasteiger partial charge >= 0.3 is 0 Å². The van der Waals surface area contributed by atoms with Crippen LogP contribution in [0.1, 0.15) is 6.42 Å². The molecule has 6 nitrogen and oxygen atoms in total. The second-order valence-electron chi connectivity index (χ2n) is 3.95. The number of para-hydroxylation sites is 2. The molecule has 1 amide bonds. The number of hydrogen-bond donors (Lipinski definition) is 3. The van der Waals surface area contributed by atoms with Crippen LogP contribution in [-0.2, 0) is 9.53 Å². The van der Waals surface area contributed by atoms with Crippen LogP contribution < -0.4 is 11.1 Å². The maximum absolute atomic E-state index is 11.7. The van der Waals surface area contributed by atoms with Gasteiger partial charge in [-0.2, -0.15) is 0 Å². The van der Waals surface area contributed by atoms with E-state index in [0.717, 1.165) is 11.0 Å². The van der Waals surface area contributed by atoms with Gasteiger partial charge in [0.2, 0.25) is 11.9 Å². The summed E-state index contributed by atoms with van der Waals surface area (Å²) in [6.45, 7) is 0.310. The van der Waals surface area contributed by atoms with Crippen LogP contribution in [0.15, 0.2) is 24.3 Å². The van der Waals surface area contributed by atoms with Crippen LogP contribution in [0.25, 0.3) is 11.0 Å². The molecule has 1 unspecified atom stereocenters. The van der Waals surface area contributed by atoms with Gasteiger partial charge in [0, 0.05) is 13.7 Å².